The number of rotatable bonds is 5. The number of nitrogens with one attached hydrogen (secondary N) is 1. The van der Waals surface area contributed by atoms with Crippen LogP contribution in [0.25, 0.3) is 0 Å². The molecule has 20 heavy (non-hydrogen) atoms. The Labute approximate surface area is 122 Å². The summed E-state index contributed by atoms with van der Waals surface area (Å²) in [7, 11) is -2.14. The third kappa shape index (κ3) is 3.05. The molecule has 0 fully saturated rings. The van der Waals surface area contributed by atoms with Crippen LogP contribution >= 0.6 is 11.3 Å². The van der Waals surface area contributed by atoms with Crippen LogP contribution in [0.1, 0.15) is 11.8 Å². The van der Waals surface area contributed by atoms with Gasteiger partial charge in [-0.15, -0.1) is 11.3 Å². The fourth-order valence-corrected chi connectivity index (χ4v) is 4.05. The average molecular weight is 312 g/mol. The first-order chi connectivity index (χ1) is 9.46. The summed E-state index contributed by atoms with van der Waals surface area (Å²) in [4.78, 5) is 1.02. The molecule has 7 heteroatoms. The van der Waals surface area contributed by atoms with Crippen LogP contribution in [0.3, 0.4) is 0 Å². The van der Waals surface area contributed by atoms with E-state index in [1.807, 2.05) is 13.0 Å². The number of sulfonamides is 1. The normalized spacial score (nSPS) is 11.3. The number of hydrogen-bond acceptors (Lipinski definition) is 5. The highest BCUT2D eigenvalue weighted by molar-refractivity contribution is 7.94. The van der Waals surface area contributed by atoms with Gasteiger partial charge in [0.2, 0.25) is 0 Å². The highest BCUT2D eigenvalue weighted by Gasteiger charge is 2.18. The van der Waals surface area contributed by atoms with Crippen molar-refractivity contribution in [3.63, 3.8) is 0 Å². The molecule has 0 radical (unpaired) electrons. The molecule has 0 saturated heterocycles. The van der Waals surface area contributed by atoms with Gasteiger partial charge in [-0.25, -0.2) is 8.42 Å². The van der Waals surface area contributed by atoms with Crippen LogP contribution in [0.2, 0.25) is 0 Å². The van der Waals surface area contributed by atoms with Crippen molar-refractivity contribution in [1.29, 1.82) is 0 Å². The predicted octanol–water partition coefficient (Wildman–Crippen LogP) is 2.70. The van der Waals surface area contributed by atoms with Gasteiger partial charge < -0.3 is 10.5 Å². The molecule has 2 rings (SSSR count). The number of benzene rings is 1. The van der Waals surface area contributed by atoms with E-state index < -0.39 is 10.0 Å². The molecule has 3 N–H and O–H groups in total. The standard InChI is InChI=1S/C13H16N2O3S2/c1-3-10-5-7-13(19-10)20(16,17)15-11-6-4-9(14)8-12(11)18-2/h4-8,15H,3,14H2,1-2H3. The van der Waals surface area contributed by atoms with Crippen molar-refractivity contribution >= 4 is 32.7 Å². The predicted molar refractivity (Wildman–Crippen MR) is 81.9 cm³/mol. The van der Waals surface area contributed by atoms with Crippen molar-refractivity contribution in [2.45, 2.75) is 17.6 Å². The second-order valence-electron chi connectivity index (χ2n) is 4.14. The van der Waals surface area contributed by atoms with E-state index in [1.165, 1.54) is 18.4 Å². The van der Waals surface area contributed by atoms with Gasteiger partial charge in [-0.05, 0) is 30.7 Å². The van der Waals surface area contributed by atoms with Crippen molar-refractivity contribution in [1.82, 2.24) is 0 Å². The zero-order chi connectivity index (χ0) is 14.8. The maximum absolute atomic E-state index is 12.3. The second kappa shape index (κ2) is 5.72. The van der Waals surface area contributed by atoms with Crippen molar-refractivity contribution in [2.75, 3.05) is 17.6 Å². The molecule has 1 aromatic heterocycles. The summed E-state index contributed by atoms with van der Waals surface area (Å²) in [5, 5.41) is 0. The number of nitrogens with two attached hydrogens (primary N) is 1. The van der Waals surface area contributed by atoms with Gasteiger partial charge in [-0.2, -0.15) is 0 Å². The van der Waals surface area contributed by atoms with Gasteiger partial charge in [0.15, 0.2) is 0 Å². The van der Waals surface area contributed by atoms with E-state index >= 15 is 0 Å². The van der Waals surface area contributed by atoms with Gasteiger partial charge in [0, 0.05) is 16.6 Å². The number of aryl methyl sites for hydroxylation is 1. The zero-order valence-electron chi connectivity index (χ0n) is 11.2. The Balaban J connectivity index is 2.33. The molecule has 0 amide bonds. The largest absolute Gasteiger partial charge is 0.494 e. The highest BCUT2D eigenvalue weighted by atomic mass is 32.2. The van der Waals surface area contributed by atoms with Crippen LogP contribution in [0.5, 0.6) is 5.75 Å². The molecule has 0 unspecified atom stereocenters. The molecular formula is C13H16N2O3S2. The van der Waals surface area contributed by atoms with Crippen LogP contribution in [0.15, 0.2) is 34.5 Å². The topological polar surface area (TPSA) is 81.4 Å². The molecule has 1 aromatic carbocycles. The van der Waals surface area contributed by atoms with Crippen molar-refractivity contribution in [3.8, 4) is 5.75 Å². The van der Waals surface area contributed by atoms with E-state index in [0.29, 0.717) is 17.1 Å². The van der Waals surface area contributed by atoms with Crippen LogP contribution in [0.4, 0.5) is 11.4 Å². The van der Waals surface area contributed by atoms with Gasteiger partial charge in [0.05, 0.1) is 12.8 Å². The average Bonchev–Trinajstić information content (AvgIpc) is 2.90. The van der Waals surface area contributed by atoms with Gasteiger partial charge >= 0.3 is 0 Å². The number of nitrogen functional groups attached to an aromatic ring is 1. The van der Waals surface area contributed by atoms with Crippen molar-refractivity contribution < 1.29 is 13.2 Å². The lowest BCUT2D eigenvalue weighted by Crippen LogP contribution is -2.12. The van der Waals surface area contributed by atoms with Crippen LogP contribution in [-0.2, 0) is 16.4 Å². The van der Waals surface area contributed by atoms with E-state index in [4.69, 9.17) is 10.5 Å². The van der Waals surface area contributed by atoms with Gasteiger partial charge in [-0.1, -0.05) is 6.92 Å². The Morgan fingerprint density at radius 1 is 1.30 bits per heavy atom. The van der Waals surface area contributed by atoms with E-state index in [1.54, 1.807) is 24.3 Å². The molecule has 5 nitrogen and oxygen atoms in total. The fraction of sp³-hybridized carbons (Fsp3) is 0.231. The monoisotopic (exact) mass is 312 g/mol. The first kappa shape index (κ1) is 14.7. The second-order valence-corrected chi connectivity index (χ2v) is 7.22. The van der Waals surface area contributed by atoms with Crippen LogP contribution < -0.4 is 15.2 Å². The van der Waals surface area contributed by atoms with Crippen LogP contribution in [0, 0.1) is 0 Å². The Kier molecular flexibility index (Phi) is 4.20. The summed E-state index contributed by atoms with van der Waals surface area (Å²) in [6.07, 6.45) is 0.811. The Hall–Kier alpha value is -1.73. The van der Waals surface area contributed by atoms with Crippen molar-refractivity contribution in [3.05, 3.63) is 35.2 Å². The summed E-state index contributed by atoms with van der Waals surface area (Å²) in [6, 6.07) is 8.20. The molecule has 0 atom stereocenters. The Bertz CT molecular complexity index is 708. The Morgan fingerprint density at radius 3 is 2.65 bits per heavy atom. The molecule has 0 aliphatic carbocycles. The minimum atomic E-state index is -3.60. The molecular weight excluding hydrogens is 296 g/mol. The number of ether oxygens (including phenoxy) is 1. The van der Waals surface area contributed by atoms with E-state index in [2.05, 4.69) is 4.72 Å². The lowest BCUT2D eigenvalue weighted by atomic mass is 10.2. The maximum atomic E-state index is 12.3. The van der Waals surface area contributed by atoms with Crippen molar-refractivity contribution in [2.24, 2.45) is 0 Å². The third-order valence-electron chi connectivity index (χ3n) is 2.72. The van der Waals surface area contributed by atoms with Gasteiger partial charge in [0.1, 0.15) is 9.96 Å². The number of anilines is 2. The Morgan fingerprint density at radius 2 is 2.05 bits per heavy atom. The maximum Gasteiger partial charge on any atom is 0.271 e. The molecule has 0 bridgehead atoms. The van der Waals surface area contributed by atoms with E-state index in [9.17, 15) is 8.42 Å². The number of hydrogen-bond donors (Lipinski definition) is 2. The summed E-state index contributed by atoms with van der Waals surface area (Å²) in [5.41, 5.74) is 6.52. The zero-order valence-corrected chi connectivity index (χ0v) is 12.8. The fourth-order valence-electron chi connectivity index (χ4n) is 1.68. The molecule has 108 valence electrons. The SMILES string of the molecule is CCc1ccc(S(=O)(=O)Nc2ccc(N)cc2OC)s1. The highest BCUT2D eigenvalue weighted by Crippen LogP contribution is 2.30. The van der Waals surface area contributed by atoms with Gasteiger partial charge in [0.25, 0.3) is 10.0 Å². The molecule has 0 saturated carbocycles. The summed E-state index contributed by atoms with van der Waals surface area (Å²) >= 11 is 1.26. The molecule has 0 aliphatic rings. The third-order valence-corrected chi connectivity index (χ3v) is 5.81. The first-order valence-corrected chi connectivity index (χ1v) is 8.31. The smallest absolute Gasteiger partial charge is 0.271 e. The summed E-state index contributed by atoms with van der Waals surface area (Å²) < 4.78 is 32.5. The number of thiophene rings is 1. The van der Waals surface area contributed by atoms with E-state index in [-0.39, 0.29) is 4.21 Å². The van der Waals surface area contributed by atoms with E-state index in [0.717, 1.165) is 11.3 Å². The minimum Gasteiger partial charge on any atom is -0.494 e. The summed E-state index contributed by atoms with van der Waals surface area (Å²) in [6.45, 7) is 1.98. The molecule has 1 heterocycles. The molecule has 0 spiro atoms. The molecule has 2 aromatic rings. The first-order valence-electron chi connectivity index (χ1n) is 6.01. The summed E-state index contributed by atoms with van der Waals surface area (Å²) in [5.74, 6) is 0.390. The lowest BCUT2D eigenvalue weighted by molar-refractivity contribution is 0.417. The number of methoxy groups -OCH3 is 1. The lowest BCUT2D eigenvalue weighted by Gasteiger charge is -2.11. The van der Waals surface area contributed by atoms with Crippen LogP contribution in [-0.4, -0.2) is 15.5 Å². The molecule has 0 aliphatic heterocycles. The minimum absolute atomic E-state index is 0.285. The van der Waals surface area contributed by atoms with Gasteiger partial charge in [-0.3, -0.25) is 4.72 Å². The quantitative estimate of drug-likeness (QED) is 0.832.